The van der Waals surface area contributed by atoms with E-state index >= 15 is 0 Å². The predicted molar refractivity (Wildman–Crippen MR) is 75.4 cm³/mol. The zero-order chi connectivity index (χ0) is 15.5. The smallest absolute Gasteiger partial charge is 0.410 e. The minimum Gasteiger partial charge on any atom is -0.444 e. The third kappa shape index (κ3) is 4.37. The van der Waals surface area contributed by atoms with Gasteiger partial charge in [0.2, 0.25) is 5.91 Å². The van der Waals surface area contributed by atoms with Gasteiger partial charge in [-0.05, 0) is 27.2 Å². The average Bonchev–Trinajstić information content (AvgIpc) is 2.70. The molecule has 1 aliphatic heterocycles. The number of carbonyl (C=O) groups is 2. The lowest BCUT2D eigenvalue weighted by Gasteiger charge is -2.28. The van der Waals surface area contributed by atoms with Gasteiger partial charge in [0.05, 0.1) is 18.6 Å². The third-order valence-electron chi connectivity index (χ3n) is 3.19. The first-order chi connectivity index (χ1) is 9.15. The molecule has 2 amide bonds. The zero-order valence-electron chi connectivity index (χ0n) is 13.3. The van der Waals surface area contributed by atoms with Crippen LogP contribution in [0.5, 0.6) is 0 Å². The molecule has 0 aromatic carbocycles. The van der Waals surface area contributed by atoms with E-state index in [1.54, 1.807) is 31.0 Å². The number of rotatable bonds is 3. The summed E-state index contributed by atoms with van der Waals surface area (Å²) in [6, 6.07) is -0.108. The van der Waals surface area contributed by atoms with E-state index in [2.05, 4.69) is 0 Å². The van der Waals surface area contributed by atoms with Crippen molar-refractivity contribution in [3.05, 3.63) is 0 Å². The van der Waals surface area contributed by atoms with Crippen LogP contribution in [0, 0.1) is 5.92 Å². The molecular formula is C14H26N2O4. The lowest BCUT2D eigenvalue weighted by atomic mass is 10.0. The van der Waals surface area contributed by atoms with Crippen LogP contribution in [0.15, 0.2) is 0 Å². The standard InChI is InChI=1S/C14H26N2O4/c1-14(2,3)20-13(18)16-8-10(12(17)15(4)5)7-11(16)9-19-6/h10-11H,7-9H2,1-6H3. The van der Waals surface area contributed by atoms with Gasteiger partial charge in [-0.25, -0.2) is 4.79 Å². The normalized spacial score (nSPS) is 22.8. The first kappa shape index (κ1) is 16.8. The number of amides is 2. The number of nitrogens with zero attached hydrogens (tertiary/aromatic N) is 2. The van der Waals surface area contributed by atoms with Crippen molar-refractivity contribution in [2.45, 2.75) is 38.8 Å². The fraction of sp³-hybridized carbons (Fsp3) is 0.857. The summed E-state index contributed by atoms with van der Waals surface area (Å²) in [5.41, 5.74) is -0.543. The van der Waals surface area contributed by atoms with Gasteiger partial charge in [-0.1, -0.05) is 0 Å². The van der Waals surface area contributed by atoms with Gasteiger partial charge in [-0.2, -0.15) is 0 Å². The molecule has 1 heterocycles. The SMILES string of the molecule is COCC1CC(C(=O)N(C)C)CN1C(=O)OC(C)(C)C. The Kier molecular flexibility index (Phi) is 5.39. The van der Waals surface area contributed by atoms with Crippen LogP contribution < -0.4 is 0 Å². The van der Waals surface area contributed by atoms with Crippen LogP contribution in [0.3, 0.4) is 0 Å². The maximum atomic E-state index is 12.2. The third-order valence-corrected chi connectivity index (χ3v) is 3.19. The van der Waals surface area contributed by atoms with Crippen molar-refractivity contribution in [2.24, 2.45) is 5.92 Å². The number of methoxy groups -OCH3 is 1. The Bertz CT molecular complexity index is 363. The molecule has 0 spiro atoms. The largest absolute Gasteiger partial charge is 0.444 e. The predicted octanol–water partition coefficient (Wildman–Crippen LogP) is 1.35. The highest BCUT2D eigenvalue weighted by molar-refractivity contribution is 5.80. The molecule has 20 heavy (non-hydrogen) atoms. The highest BCUT2D eigenvalue weighted by atomic mass is 16.6. The first-order valence-electron chi connectivity index (χ1n) is 6.85. The summed E-state index contributed by atoms with van der Waals surface area (Å²) in [6.45, 7) is 6.29. The van der Waals surface area contributed by atoms with Crippen LogP contribution in [0.25, 0.3) is 0 Å². The summed E-state index contributed by atoms with van der Waals surface area (Å²) >= 11 is 0. The Morgan fingerprint density at radius 3 is 2.35 bits per heavy atom. The Hall–Kier alpha value is -1.30. The number of likely N-dealkylation sites (tertiary alicyclic amines) is 1. The minimum absolute atomic E-state index is 0.0390. The highest BCUT2D eigenvalue weighted by Crippen LogP contribution is 2.26. The van der Waals surface area contributed by atoms with E-state index in [0.29, 0.717) is 19.6 Å². The Balaban J connectivity index is 2.77. The van der Waals surface area contributed by atoms with Gasteiger partial charge < -0.3 is 19.3 Å². The van der Waals surface area contributed by atoms with E-state index in [1.165, 1.54) is 0 Å². The average molecular weight is 286 g/mol. The van der Waals surface area contributed by atoms with Crippen molar-refractivity contribution in [1.29, 1.82) is 0 Å². The fourth-order valence-corrected chi connectivity index (χ4v) is 2.36. The van der Waals surface area contributed by atoms with Crippen LogP contribution in [0.1, 0.15) is 27.2 Å². The van der Waals surface area contributed by atoms with E-state index in [1.807, 2.05) is 20.8 Å². The Labute approximate surface area is 121 Å². The molecule has 1 fully saturated rings. The van der Waals surface area contributed by atoms with E-state index in [-0.39, 0.29) is 24.0 Å². The second-order valence-electron chi connectivity index (χ2n) is 6.41. The van der Waals surface area contributed by atoms with Gasteiger partial charge in [0.15, 0.2) is 0 Å². The molecule has 6 nitrogen and oxygen atoms in total. The highest BCUT2D eigenvalue weighted by Gasteiger charge is 2.40. The van der Waals surface area contributed by atoms with Gasteiger partial charge >= 0.3 is 6.09 Å². The van der Waals surface area contributed by atoms with E-state index < -0.39 is 5.60 Å². The molecule has 0 saturated carbocycles. The van der Waals surface area contributed by atoms with Crippen LogP contribution in [0.2, 0.25) is 0 Å². The molecule has 0 bridgehead atoms. The zero-order valence-corrected chi connectivity index (χ0v) is 13.3. The molecule has 1 aliphatic rings. The molecule has 2 atom stereocenters. The lowest BCUT2D eigenvalue weighted by Crippen LogP contribution is -2.42. The minimum atomic E-state index is -0.543. The van der Waals surface area contributed by atoms with Crippen LogP contribution in [0.4, 0.5) is 4.79 Å². The van der Waals surface area contributed by atoms with Crippen molar-refractivity contribution in [3.63, 3.8) is 0 Å². The molecule has 2 unspecified atom stereocenters. The summed E-state index contributed by atoms with van der Waals surface area (Å²) < 4.78 is 10.5. The van der Waals surface area contributed by atoms with E-state index in [4.69, 9.17) is 9.47 Å². The number of ether oxygens (including phenoxy) is 2. The molecular weight excluding hydrogens is 260 g/mol. The monoisotopic (exact) mass is 286 g/mol. The molecule has 0 aromatic heterocycles. The van der Waals surface area contributed by atoms with Gasteiger partial charge in [0.25, 0.3) is 0 Å². The topological polar surface area (TPSA) is 59.1 Å². The van der Waals surface area contributed by atoms with Crippen molar-refractivity contribution >= 4 is 12.0 Å². The summed E-state index contributed by atoms with van der Waals surface area (Å²) in [7, 11) is 5.04. The van der Waals surface area contributed by atoms with Gasteiger partial charge in [-0.3, -0.25) is 4.79 Å². The van der Waals surface area contributed by atoms with Crippen LogP contribution in [-0.2, 0) is 14.3 Å². The number of hydrogen-bond donors (Lipinski definition) is 0. The molecule has 0 radical (unpaired) electrons. The van der Waals surface area contributed by atoms with E-state index in [9.17, 15) is 9.59 Å². The van der Waals surface area contributed by atoms with Crippen molar-refractivity contribution in [1.82, 2.24) is 9.80 Å². The summed E-state index contributed by atoms with van der Waals surface area (Å²) in [5.74, 6) is -0.144. The Morgan fingerprint density at radius 2 is 1.90 bits per heavy atom. The summed E-state index contributed by atoms with van der Waals surface area (Å²) in [6.07, 6.45) is 0.234. The van der Waals surface area contributed by atoms with E-state index in [0.717, 1.165) is 0 Å². The van der Waals surface area contributed by atoms with Crippen molar-refractivity contribution in [3.8, 4) is 0 Å². The first-order valence-corrected chi connectivity index (χ1v) is 6.85. The second-order valence-corrected chi connectivity index (χ2v) is 6.41. The number of carbonyl (C=O) groups excluding carboxylic acids is 2. The molecule has 0 aliphatic carbocycles. The Morgan fingerprint density at radius 1 is 1.30 bits per heavy atom. The lowest BCUT2D eigenvalue weighted by molar-refractivity contribution is -0.132. The molecule has 0 N–H and O–H groups in total. The summed E-state index contributed by atoms with van der Waals surface area (Å²) in [4.78, 5) is 27.4. The van der Waals surface area contributed by atoms with Crippen molar-refractivity contribution in [2.75, 3.05) is 34.4 Å². The molecule has 0 aromatic rings. The quantitative estimate of drug-likeness (QED) is 0.785. The van der Waals surface area contributed by atoms with Gasteiger partial charge in [0, 0.05) is 27.7 Å². The maximum Gasteiger partial charge on any atom is 0.410 e. The second kappa shape index (κ2) is 6.43. The molecule has 1 saturated heterocycles. The number of hydrogen-bond acceptors (Lipinski definition) is 4. The van der Waals surface area contributed by atoms with Gasteiger partial charge in [0.1, 0.15) is 5.60 Å². The molecule has 1 rings (SSSR count). The van der Waals surface area contributed by atoms with Crippen molar-refractivity contribution < 1.29 is 19.1 Å². The van der Waals surface area contributed by atoms with Gasteiger partial charge in [-0.15, -0.1) is 0 Å². The summed E-state index contributed by atoms with van der Waals surface area (Å²) in [5, 5.41) is 0. The maximum absolute atomic E-state index is 12.2. The fourth-order valence-electron chi connectivity index (χ4n) is 2.36. The van der Waals surface area contributed by atoms with Crippen LogP contribution >= 0.6 is 0 Å². The molecule has 116 valence electrons. The molecule has 6 heteroatoms. The van der Waals surface area contributed by atoms with Crippen LogP contribution in [-0.4, -0.2) is 67.8 Å².